The van der Waals surface area contributed by atoms with Crippen molar-refractivity contribution in [3.63, 3.8) is 0 Å². The summed E-state index contributed by atoms with van der Waals surface area (Å²) >= 11 is 0. The van der Waals surface area contributed by atoms with E-state index in [9.17, 15) is 0 Å². The van der Waals surface area contributed by atoms with Crippen molar-refractivity contribution < 1.29 is 12.3 Å². The Morgan fingerprint density at radius 1 is 0.556 bits per heavy atom. The summed E-state index contributed by atoms with van der Waals surface area (Å²) in [5, 5.41) is 0. The van der Waals surface area contributed by atoms with E-state index in [-0.39, 0.29) is 0 Å². The van der Waals surface area contributed by atoms with Gasteiger partial charge in [0.1, 0.15) is 0 Å². The van der Waals surface area contributed by atoms with E-state index in [1.807, 2.05) is 6.08 Å². The Labute approximate surface area is 175 Å². The van der Waals surface area contributed by atoms with Crippen LogP contribution < -0.4 is 0 Å². The van der Waals surface area contributed by atoms with E-state index in [0.717, 1.165) is 12.5 Å². The second kappa shape index (κ2) is 12.2. The van der Waals surface area contributed by atoms with E-state index in [2.05, 4.69) is 65.5 Å². The minimum absolute atomic E-state index is 0.988. The van der Waals surface area contributed by atoms with Crippen molar-refractivity contribution in [3.8, 4) is 0 Å². The minimum atomic E-state index is -2.61. The van der Waals surface area contributed by atoms with Gasteiger partial charge >= 0.3 is 8.80 Å². The third-order valence-electron chi connectivity index (χ3n) is 3.78. The topological polar surface area (TPSA) is 27.7 Å². The Kier molecular flexibility index (Phi) is 12.5. The Bertz CT molecular complexity index is 368. The molecule has 0 aromatic rings. The maximum atomic E-state index is 6.74. The standard InChI is InChI=1S/C20H48O3Si4/c1-11-12-13-14-15-16-17-18-19-20-27(21-24(2,3)4,22-25(5,6)7)23-26(8,9)10/h11H,1,12-20H2,2-10H3. The fourth-order valence-corrected chi connectivity index (χ4v) is 17.9. The molecule has 162 valence electrons. The van der Waals surface area contributed by atoms with Crippen molar-refractivity contribution in [2.45, 2.75) is 116 Å². The Balaban J connectivity index is 4.79. The number of hydrogen-bond acceptors (Lipinski definition) is 3. The average Bonchev–Trinajstić information content (AvgIpc) is 2.39. The molecule has 0 spiro atoms. The highest BCUT2D eigenvalue weighted by Gasteiger charge is 2.49. The van der Waals surface area contributed by atoms with Crippen LogP contribution in [0.15, 0.2) is 12.7 Å². The summed E-state index contributed by atoms with van der Waals surface area (Å²) in [4.78, 5) is 0. The third-order valence-corrected chi connectivity index (χ3v) is 15.8. The lowest BCUT2D eigenvalue weighted by atomic mass is 10.1. The number of unbranched alkanes of at least 4 members (excludes halogenated alkanes) is 7. The zero-order valence-corrected chi connectivity index (χ0v) is 23.9. The summed E-state index contributed by atoms with van der Waals surface area (Å²) in [6.07, 6.45) is 12.2. The van der Waals surface area contributed by atoms with Crippen LogP contribution in [0, 0.1) is 0 Å². The molecule has 0 bridgehead atoms. The molecule has 0 aliphatic heterocycles. The van der Waals surface area contributed by atoms with Gasteiger partial charge in [0.05, 0.1) is 0 Å². The zero-order valence-electron chi connectivity index (χ0n) is 19.9. The molecule has 0 aromatic carbocycles. The van der Waals surface area contributed by atoms with Crippen LogP contribution in [0.1, 0.15) is 51.4 Å². The van der Waals surface area contributed by atoms with Gasteiger partial charge in [0.15, 0.2) is 25.0 Å². The first-order valence-corrected chi connectivity index (χ1v) is 23.1. The van der Waals surface area contributed by atoms with Crippen LogP contribution in [-0.2, 0) is 12.3 Å². The quantitative estimate of drug-likeness (QED) is 0.137. The molecule has 0 aromatic heterocycles. The largest absolute Gasteiger partial charge is 0.469 e. The van der Waals surface area contributed by atoms with Crippen molar-refractivity contribution in [2.75, 3.05) is 0 Å². The lowest BCUT2D eigenvalue weighted by Crippen LogP contribution is -2.60. The predicted molar refractivity (Wildman–Crippen MR) is 131 cm³/mol. The second-order valence-electron chi connectivity index (χ2n) is 10.6. The summed E-state index contributed by atoms with van der Waals surface area (Å²) in [6, 6.07) is 0.988. The van der Waals surface area contributed by atoms with Gasteiger partial charge in [-0.15, -0.1) is 6.58 Å². The molecule has 27 heavy (non-hydrogen) atoms. The van der Waals surface area contributed by atoms with Crippen LogP contribution >= 0.6 is 0 Å². The molecule has 0 rings (SSSR count). The highest BCUT2D eigenvalue weighted by atomic mass is 28.5. The summed E-state index contributed by atoms with van der Waals surface area (Å²) < 4.78 is 20.2. The fraction of sp³-hybridized carbons (Fsp3) is 0.900. The summed E-state index contributed by atoms with van der Waals surface area (Å²) in [5.74, 6) is 0. The SMILES string of the molecule is C=CCCCCCCCCC[Si](O[Si](C)(C)C)(O[Si](C)(C)C)O[Si](C)(C)C. The first-order valence-electron chi connectivity index (χ1n) is 10.9. The van der Waals surface area contributed by atoms with Crippen molar-refractivity contribution in [3.05, 3.63) is 12.7 Å². The molecule has 0 aliphatic carbocycles. The lowest BCUT2D eigenvalue weighted by Gasteiger charge is -2.43. The van der Waals surface area contributed by atoms with E-state index >= 15 is 0 Å². The molecule has 0 saturated carbocycles. The fourth-order valence-electron chi connectivity index (χ4n) is 3.13. The molecule has 0 aliphatic rings. The molecule has 3 nitrogen and oxygen atoms in total. The van der Waals surface area contributed by atoms with E-state index in [4.69, 9.17) is 12.3 Å². The van der Waals surface area contributed by atoms with E-state index in [0.29, 0.717) is 0 Å². The zero-order chi connectivity index (χ0) is 21.2. The van der Waals surface area contributed by atoms with Gasteiger partial charge < -0.3 is 12.3 Å². The molecule has 0 amide bonds. The Morgan fingerprint density at radius 3 is 1.22 bits per heavy atom. The molecule has 7 heteroatoms. The van der Waals surface area contributed by atoms with Crippen LogP contribution in [0.5, 0.6) is 0 Å². The van der Waals surface area contributed by atoms with E-state index < -0.39 is 33.8 Å². The van der Waals surface area contributed by atoms with Crippen molar-refractivity contribution >= 4 is 33.8 Å². The maximum Gasteiger partial charge on any atom is 0.469 e. The highest BCUT2D eigenvalue weighted by Crippen LogP contribution is 2.30. The predicted octanol–water partition coefficient (Wildman–Crippen LogP) is 7.79. The second-order valence-corrected chi connectivity index (χ2v) is 27.6. The normalized spacial score (nSPS) is 13.8. The third kappa shape index (κ3) is 17.1. The smallest absolute Gasteiger partial charge is 0.417 e. The molecular weight excluding hydrogens is 401 g/mol. The van der Waals surface area contributed by atoms with Crippen LogP contribution in [0.2, 0.25) is 65.0 Å². The maximum absolute atomic E-state index is 6.74. The number of rotatable bonds is 16. The number of hydrogen-bond donors (Lipinski definition) is 0. The molecule has 0 radical (unpaired) electrons. The van der Waals surface area contributed by atoms with Crippen LogP contribution in [0.25, 0.3) is 0 Å². The Morgan fingerprint density at radius 2 is 0.889 bits per heavy atom. The molecule has 0 fully saturated rings. The van der Waals surface area contributed by atoms with Crippen LogP contribution in [0.4, 0.5) is 0 Å². The van der Waals surface area contributed by atoms with Crippen LogP contribution in [-0.4, -0.2) is 33.8 Å². The lowest BCUT2D eigenvalue weighted by molar-refractivity contribution is 0.250. The first kappa shape index (κ1) is 27.5. The van der Waals surface area contributed by atoms with E-state index in [1.54, 1.807) is 0 Å². The van der Waals surface area contributed by atoms with Gasteiger partial charge in [-0.05, 0) is 78.2 Å². The average molecular weight is 449 g/mol. The van der Waals surface area contributed by atoms with Crippen molar-refractivity contribution in [1.82, 2.24) is 0 Å². The van der Waals surface area contributed by atoms with Gasteiger partial charge in [-0.2, -0.15) is 0 Å². The minimum Gasteiger partial charge on any atom is -0.417 e. The van der Waals surface area contributed by atoms with Crippen LogP contribution in [0.3, 0.4) is 0 Å². The molecule has 0 N–H and O–H groups in total. The van der Waals surface area contributed by atoms with Gasteiger partial charge in [0.25, 0.3) is 0 Å². The monoisotopic (exact) mass is 448 g/mol. The van der Waals surface area contributed by atoms with Gasteiger partial charge in [-0.3, -0.25) is 0 Å². The molecule has 0 saturated heterocycles. The molecular formula is C20H48O3Si4. The van der Waals surface area contributed by atoms with Gasteiger partial charge in [0.2, 0.25) is 0 Å². The van der Waals surface area contributed by atoms with Crippen molar-refractivity contribution in [2.24, 2.45) is 0 Å². The first-order chi connectivity index (χ1) is 12.2. The Hall–Kier alpha value is 0.488. The van der Waals surface area contributed by atoms with Crippen molar-refractivity contribution in [1.29, 1.82) is 0 Å². The summed E-state index contributed by atoms with van der Waals surface area (Å²) in [5.41, 5.74) is 0. The van der Waals surface area contributed by atoms with Gasteiger partial charge in [0, 0.05) is 6.04 Å². The van der Waals surface area contributed by atoms with E-state index in [1.165, 1.54) is 44.9 Å². The molecule has 0 atom stereocenters. The summed E-state index contributed by atoms with van der Waals surface area (Å²) in [6.45, 7) is 24.2. The highest BCUT2D eigenvalue weighted by molar-refractivity contribution is 6.90. The molecule has 0 heterocycles. The van der Waals surface area contributed by atoms with Gasteiger partial charge in [-0.1, -0.05) is 38.2 Å². The summed E-state index contributed by atoms with van der Waals surface area (Å²) in [7, 11) is -7.83. The van der Waals surface area contributed by atoms with Gasteiger partial charge in [-0.25, -0.2) is 0 Å². The molecule has 0 unspecified atom stereocenters. The number of allylic oxidation sites excluding steroid dienone is 1.